The first kappa shape index (κ1) is 42.1. The van der Waals surface area contributed by atoms with Crippen molar-refractivity contribution >= 4 is 35.8 Å². The van der Waals surface area contributed by atoms with Crippen molar-refractivity contribution in [2.45, 2.75) is 24.4 Å². The molecule has 2 aliphatic heterocycles. The van der Waals surface area contributed by atoms with Crippen LogP contribution < -0.4 is 33.2 Å². The Labute approximate surface area is 341 Å². The minimum atomic E-state index is -0.856. The fourth-order valence-electron chi connectivity index (χ4n) is 5.96. The quantitative estimate of drug-likeness (QED) is 0.0890. The number of ether oxygens (including phenoxy) is 11. The van der Waals surface area contributed by atoms with E-state index >= 15 is 0 Å². The average Bonchev–Trinajstić information content (AvgIpc) is 3.86. The lowest BCUT2D eigenvalue weighted by Gasteiger charge is -2.18. The summed E-state index contributed by atoms with van der Waals surface area (Å²) in [6.45, 7) is 6.58. The predicted molar refractivity (Wildman–Crippen MR) is 205 cm³/mol. The maximum absolute atomic E-state index is 13.3. The minimum Gasteiger partial charge on any atom is -0.493 e. The van der Waals surface area contributed by atoms with Gasteiger partial charge in [-0.15, -0.1) is 0 Å². The molecule has 2 heterocycles. The zero-order valence-corrected chi connectivity index (χ0v) is 32.2. The highest BCUT2D eigenvalue weighted by Gasteiger charge is 2.51. The summed E-state index contributed by atoms with van der Waals surface area (Å²) in [5.41, 5.74) is 0.375. The molecule has 2 saturated heterocycles. The lowest BCUT2D eigenvalue weighted by Crippen LogP contribution is -2.36. The lowest BCUT2D eigenvalue weighted by molar-refractivity contribution is -0.129. The topological polar surface area (TPSA) is 204 Å². The standard InChI is InChI=1S/C43H36O17/c1-6-36(44)55-27-13-8-23(9-14-27)40(46)57-29-16-11-25(19-32(29)51-4)42(48)59-34-21-53-39-35(22-54-38(34)39)60-43(49)26-12-17-30(33(20-26)52-5)58-41(47)24-10-15-28(31(18-24)50-3)56-37(45)7-2/h6-20,34-35,38-39H,1-2,21-22H2,3-5H3/t34-,35-,38+,39+/m1/s1. The molecule has 2 aliphatic rings. The van der Waals surface area contributed by atoms with E-state index in [4.69, 9.17) is 52.1 Å². The molecule has 0 N–H and O–H groups in total. The second kappa shape index (κ2) is 18.8. The number of fused-ring (bicyclic) bond motifs is 1. The molecule has 2 fully saturated rings. The van der Waals surface area contributed by atoms with Crippen LogP contribution in [-0.2, 0) is 28.5 Å². The van der Waals surface area contributed by atoms with Crippen LogP contribution in [0.4, 0.5) is 0 Å². The second-order valence-electron chi connectivity index (χ2n) is 12.6. The van der Waals surface area contributed by atoms with Gasteiger partial charge in [-0.25, -0.2) is 28.8 Å². The van der Waals surface area contributed by atoms with Crippen molar-refractivity contribution in [3.63, 3.8) is 0 Å². The van der Waals surface area contributed by atoms with E-state index in [0.717, 1.165) is 12.2 Å². The van der Waals surface area contributed by atoms with Crippen molar-refractivity contribution in [2.75, 3.05) is 34.5 Å². The Balaban J connectivity index is 1.03. The van der Waals surface area contributed by atoms with E-state index < -0.39 is 60.2 Å². The summed E-state index contributed by atoms with van der Waals surface area (Å²) < 4.78 is 60.2. The predicted octanol–water partition coefficient (Wildman–Crippen LogP) is 4.88. The SMILES string of the molecule is C=CC(=O)Oc1ccc(C(=O)Oc2ccc(C(=O)O[C@@H]3CO[C@@H]4[C@H]3OC[C@H]4OC(=O)c3ccc(OC(=O)c4ccc(OC(=O)C=C)c(OC)c4)c(OC)c3)cc2OC)cc1. The van der Waals surface area contributed by atoms with Crippen LogP contribution in [0.1, 0.15) is 41.4 Å². The summed E-state index contributed by atoms with van der Waals surface area (Å²) in [6, 6.07) is 17.9. The molecule has 0 amide bonds. The van der Waals surface area contributed by atoms with Gasteiger partial charge in [0.1, 0.15) is 18.0 Å². The van der Waals surface area contributed by atoms with Gasteiger partial charge in [-0.3, -0.25) is 0 Å². The number of carbonyl (C=O) groups is 6. The molecule has 0 aliphatic carbocycles. The molecule has 0 bridgehead atoms. The van der Waals surface area contributed by atoms with E-state index in [9.17, 15) is 28.8 Å². The Morgan fingerprint density at radius 1 is 0.483 bits per heavy atom. The molecule has 6 rings (SSSR count). The van der Waals surface area contributed by atoms with Crippen LogP contribution in [-0.4, -0.2) is 94.8 Å². The minimum absolute atomic E-state index is 0.00114. The number of rotatable bonds is 15. The largest absolute Gasteiger partial charge is 0.493 e. The van der Waals surface area contributed by atoms with Gasteiger partial charge in [0, 0.05) is 12.2 Å². The van der Waals surface area contributed by atoms with Crippen LogP contribution in [0.2, 0.25) is 0 Å². The average molecular weight is 825 g/mol. The van der Waals surface area contributed by atoms with Gasteiger partial charge >= 0.3 is 35.8 Å². The smallest absolute Gasteiger partial charge is 0.343 e. The molecule has 60 heavy (non-hydrogen) atoms. The molecule has 4 aromatic rings. The highest BCUT2D eigenvalue weighted by Crippen LogP contribution is 2.35. The molecule has 0 unspecified atom stereocenters. The van der Waals surface area contributed by atoms with Gasteiger partial charge in [-0.1, -0.05) is 13.2 Å². The molecule has 4 aromatic carbocycles. The Morgan fingerprint density at radius 3 is 1.27 bits per heavy atom. The highest BCUT2D eigenvalue weighted by atomic mass is 16.7. The molecule has 17 heteroatoms. The molecule has 0 aromatic heterocycles. The van der Waals surface area contributed by atoms with Crippen molar-refractivity contribution in [3.05, 3.63) is 126 Å². The number of methoxy groups -OCH3 is 3. The van der Waals surface area contributed by atoms with Crippen molar-refractivity contribution in [1.29, 1.82) is 0 Å². The molecule has 0 spiro atoms. The Kier molecular flexibility index (Phi) is 13.2. The maximum Gasteiger partial charge on any atom is 0.343 e. The van der Waals surface area contributed by atoms with Crippen molar-refractivity contribution < 1.29 is 80.9 Å². The fraction of sp³-hybridized carbons (Fsp3) is 0.209. The van der Waals surface area contributed by atoms with Crippen LogP contribution in [0, 0.1) is 0 Å². The normalized spacial score (nSPS) is 17.5. The number of hydrogen-bond acceptors (Lipinski definition) is 17. The fourth-order valence-corrected chi connectivity index (χ4v) is 5.96. The highest BCUT2D eigenvalue weighted by molar-refractivity contribution is 5.95. The van der Waals surface area contributed by atoms with Crippen molar-refractivity contribution in [1.82, 2.24) is 0 Å². The summed E-state index contributed by atoms with van der Waals surface area (Å²) in [5, 5.41) is 0. The van der Waals surface area contributed by atoms with E-state index in [2.05, 4.69) is 13.2 Å². The van der Waals surface area contributed by atoms with Crippen LogP contribution in [0.3, 0.4) is 0 Å². The van der Waals surface area contributed by atoms with Crippen LogP contribution in [0.25, 0.3) is 0 Å². The molecular weight excluding hydrogens is 788 g/mol. The second-order valence-corrected chi connectivity index (χ2v) is 12.6. The van der Waals surface area contributed by atoms with E-state index in [-0.39, 0.29) is 75.7 Å². The first-order valence-electron chi connectivity index (χ1n) is 17.9. The van der Waals surface area contributed by atoms with Gasteiger partial charge < -0.3 is 52.1 Å². The van der Waals surface area contributed by atoms with Crippen LogP contribution in [0.5, 0.6) is 40.2 Å². The molecule has 310 valence electrons. The van der Waals surface area contributed by atoms with Gasteiger partial charge in [-0.05, 0) is 78.9 Å². The Bertz CT molecular complexity index is 2330. The van der Waals surface area contributed by atoms with Crippen LogP contribution in [0.15, 0.2) is 104 Å². The zero-order chi connectivity index (χ0) is 42.9. The number of esters is 6. The number of carbonyl (C=O) groups excluding carboxylic acids is 6. The summed E-state index contributed by atoms with van der Waals surface area (Å²) in [4.78, 5) is 75.3. The number of hydrogen-bond donors (Lipinski definition) is 0. The first-order chi connectivity index (χ1) is 28.9. The third-order valence-electron chi connectivity index (χ3n) is 8.94. The van der Waals surface area contributed by atoms with E-state index in [1.54, 1.807) is 0 Å². The van der Waals surface area contributed by atoms with Crippen molar-refractivity contribution in [2.24, 2.45) is 0 Å². The summed E-state index contributed by atoms with van der Waals surface area (Å²) in [7, 11) is 4.00. The third kappa shape index (κ3) is 9.61. The third-order valence-corrected chi connectivity index (χ3v) is 8.94. The molecule has 17 nitrogen and oxygen atoms in total. The van der Waals surface area contributed by atoms with Gasteiger partial charge in [0.05, 0.1) is 56.8 Å². The van der Waals surface area contributed by atoms with Gasteiger partial charge in [-0.2, -0.15) is 0 Å². The van der Waals surface area contributed by atoms with Crippen molar-refractivity contribution in [3.8, 4) is 40.2 Å². The van der Waals surface area contributed by atoms with Gasteiger partial charge in [0.25, 0.3) is 0 Å². The van der Waals surface area contributed by atoms with Gasteiger partial charge in [0.2, 0.25) is 0 Å². The van der Waals surface area contributed by atoms with E-state index in [1.807, 2.05) is 0 Å². The van der Waals surface area contributed by atoms with Crippen LogP contribution >= 0.6 is 0 Å². The maximum atomic E-state index is 13.3. The Hall–Kier alpha value is -7.50. The van der Waals surface area contributed by atoms with E-state index in [1.165, 1.54) is 100 Å². The summed E-state index contributed by atoms with van der Waals surface area (Å²) in [5.74, 6) is -3.85. The monoisotopic (exact) mass is 824 g/mol. The number of benzene rings is 4. The molecular formula is C43H36O17. The van der Waals surface area contributed by atoms with E-state index in [0.29, 0.717) is 0 Å². The molecule has 4 atom stereocenters. The zero-order valence-electron chi connectivity index (χ0n) is 32.2. The van der Waals surface area contributed by atoms with Gasteiger partial charge in [0.15, 0.2) is 46.7 Å². The lowest BCUT2D eigenvalue weighted by atomic mass is 10.1. The Morgan fingerprint density at radius 2 is 0.850 bits per heavy atom. The molecule has 0 radical (unpaired) electrons. The first-order valence-corrected chi connectivity index (χ1v) is 17.9. The molecule has 0 saturated carbocycles. The summed E-state index contributed by atoms with van der Waals surface area (Å²) in [6.07, 6.45) is -1.22. The summed E-state index contributed by atoms with van der Waals surface area (Å²) >= 11 is 0.